The van der Waals surface area contributed by atoms with Crippen LogP contribution in [0.2, 0.25) is 0 Å². The van der Waals surface area contributed by atoms with Crippen molar-refractivity contribution >= 4 is 11.9 Å². The highest BCUT2D eigenvalue weighted by Gasteiger charge is 2.04. The lowest BCUT2D eigenvalue weighted by molar-refractivity contribution is 0.1000. The van der Waals surface area contributed by atoms with Crippen molar-refractivity contribution in [3.05, 3.63) is 64.7 Å². The van der Waals surface area contributed by atoms with Crippen molar-refractivity contribution in [3.8, 4) is 5.75 Å². The number of rotatable bonds is 7. The first kappa shape index (κ1) is 19.3. The summed E-state index contributed by atoms with van der Waals surface area (Å²) in [5.74, 6) is 1.18. The van der Waals surface area contributed by atoms with Gasteiger partial charge in [0.05, 0.1) is 7.11 Å². The lowest BCUT2D eigenvalue weighted by atomic mass is 10.1. The summed E-state index contributed by atoms with van der Waals surface area (Å²) in [7, 11) is 3.41. The van der Waals surface area contributed by atoms with Gasteiger partial charge in [-0.15, -0.1) is 0 Å². The molecule has 138 valence electrons. The Bertz CT molecular complexity index is 787. The van der Waals surface area contributed by atoms with Crippen LogP contribution in [-0.4, -0.2) is 32.6 Å². The maximum Gasteiger partial charge on any atom is 0.248 e. The van der Waals surface area contributed by atoms with Gasteiger partial charge in [-0.1, -0.05) is 24.3 Å². The minimum Gasteiger partial charge on any atom is -0.496 e. The van der Waals surface area contributed by atoms with Crippen LogP contribution in [0.15, 0.2) is 47.5 Å². The fourth-order valence-corrected chi connectivity index (χ4v) is 2.59. The first-order valence-corrected chi connectivity index (χ1v) is 8.50. The van der Waals surface area contributed by atoms with Crippen molar-refractivity contribution in [1.29, 1.82) is 0 Å². The first-order valence-electron chi connectivity index (χ1n) is 8.50. The molecular formula is C20H26N4O2. The molecule has 0 aliphatic heterocycles. The van der Waals surface area contributed by atoms with E-state index in [1.54, 1.807) is 26.3 Å². The molecule has 0 radical (unpaired) electrons. The predicted octanol–water partition coefficient (Wildman–Crippen LogP) is 2.01. The monoisotopic (exact) mass is 354 g/mol. The van der Waals surface area contributed by atoms with Crippen LogP contribution in [0.5, 0.6) is 5.75 Å². The fourth-order valence-electron chi connectivity index (χ4n) is 2.59. The number of guanidine groups is 1. The Kier molecular flexibility index (Phi) is 7.02. The summed E-state index contributed by atoms with van der Waals surface area (Å²) in [6.07, 6.45) is 0.856. The van der Waals surface area contributed by atoms with E-state index in [0.717, 1.165) is 29.8 Å². The summed E-state index contributed by atoms with van der Waals surface area (Å²) in [5.41, 5.74) is 9.10. The molecule has 0 aromatic heterocycles. The molecule has 2 aromatic carbocycles. The zero-order valence-electron chi connectivity index (χ0n) is 15.5. The number of aliphatic imine (C=N–C) groups is 1. The maximum absolute atomic E-state index is 11.2. The topological polar surface area (TPSA) is 88.7 Å². The average molecular weight is 354 g/mol. The molecule has 0 bridgehead atoms. The molecule has 6 heteroatoms. The highest BCUT2D eigenvalue weighted by molar-refractivity contribution is 5.92. The molecule has 26 heavy (non-hydrogen) atoms. The van der Waals surface area contributed by atoms with Gasteiger partial charge >= 0.3 is 0 Å². The van der Waals surface area contributed by atoms with Crippen molar-refractivity contribution in [3.63, 3.8) is 0 Å². The van der Waals surface area contributed by atoms with Crippen LogP contribution >= 0.6 is 0 Å². The van der Waals surface area contributed by atoms with E-state index in [2.05, 4.69) is 33.8 Å². The smallest absolute Gasteiger partial charge is 0.248 e. The molecule has 0 saturated heterocycles. The molecule has 0 saturated carbocycles. The molecule has 6 nitrogen and oxygen atoms in total. The van der Waals surface area contributed by atoms with Gasteiger partial charge in [0, 0.05) is 25.7 Å². The third-order valence-electron chi connectivity index (χ3n) is 4.07. The van der Waals surface area contributed by atoms with Gasteiger partial charge < -0.3 is 21.1 Å². The van der Waals surface area contributed by atoms with Gasteiger partial charge in [-0.2, -0.15) is 0 Å². The van der Waals surface area contributed by atoms with Crippen molar-refractivity contribution in [2.24, 2.45) is 10.7 Å². The third kappa shape index (κ3) is 5.51. The van der Waals surface area contributed by atoms with Crippen molar-refractivity contribution in [2.45, 2.75) is 19.9 Å². The second-order valence-corrected chi connectivity index (χ2v) is 5.97. The Morgan fingerprint density at radius 3 is 2.65 bits per heavy atom. The zero-order chi connectivity index (χ0) is 18.9. The number of nitrogens with two attached hydrogens (primary N) is 1. The van der Waals surface area contributed by atoms with Gasteiger partial charge in [-0.25, -0.2) is 0 Å². The third-order valence-corrected chi connectivity index (χ3v) is 4.07. The number of nitrogens with one attached hydrogen (secondary N) is 2. The molecule has 0 fully saturated rings. The molecule has 0 atom stereocenters. The first-order chi connectivity index (χ1) is 12.5. The average Bonchev–Trinajstić information content (AvgIpc) is 2.65. The molecule has 2 rings (SSSR count). The number of amides is 1. The Labute approximate surface area is 154 Å². The molecular weight excluding hydrogens is 328 g/mol. The van der Waals surface area contributed by atoms with Crippen LogP contribution in [0.3, 0.4) is 0 Å². The molecule has 2 aromatic rings. The summed E-state index contributed by atoms with van der Waals surface area (Å²) >= 11 is 0. The van der Waals surface area contributed by atoms with E-state index < -0.39 is 5.91 Å². The van der Waals surface area contributed by atoms with Gasteiger partial charge in [-0.3, -0.25) is 9.79 Å². The quantitative estimate of drug-likeness (QED) is 0.524. The van der Waals surface area contributed by atoms with Crippen LogP contribution in [-0.2, 0) is 13.0 Å². The zero-order valence-corrected chi connectivity index (χ0v) is 15.5. The van der Waals surface area contributed by atoms with Crippen molar-refractivity contribution < 1.29 is 9.53 Å². The minimum atomic E-state index is -0.428. The minimum absolute atomic E-state index is 0.428. The number of ether oxygens (including phenoxy) is 1. The van der Waals surface area contributed by atoms with Crippen molar-refractivity contribution in [2.75, 3.05) is 20.7 Å². The van der Waals surface area contributed by atoms with Gasteiger partial charge in [0.15, 0.2) is 5.96 Å². The summed E-state index contributed by atoms with van der Waals surface area (Å²) in [5, 5.41) is 6.52. The largest absolute Gasteiger partial charge is 0.496 e. The molecule has 0 unspecified atom stereocenters. The Hall–Kier alpha value is -3.02. The van der Waals surface area contributed by atoms with E-state index in [4.69, 9.17) is 10.5 Å². The lowest BCUT2D eigenvalue weighted by Crippen LogP contribution is -2.37. The number of primary amides is 1. The maximum atomic E-state index is 11.2. The second kappa shape index (κ2) is 9.46. The number of carbonyl (C=O) groups excluding carboxylic acids is 1. The summed E-state index contributed by atoms with van der Waals surface area (Å²) < 4.78 is 5.36. The van der Waals surface area contributed by atoms with E-state index in [-0.39, 0.29) is 0 Å². The number of aryl methyl sites for hydroxylation is 1. The number of hydrogen-bond donors (Lipinski definition) is 3. The number of carbonyl (C=O) groups is 1. The van der Waals surface area contributed by atoms with Crippen LogP contribution in [0, 0.1) is 6.92 Å². The normalized spacial score (nSPS) is 11.1. The molecule has 4 N–H and O–H groups in total. The number of hydrogen-bond acceptors (Lipinski definition) is 3. The highest BCUT2D eigenvalue weighted by Crippen LogP contribution is 2.18. The number of nitrogens with zero attached hydrogens (tertiary/aromatic N) is 1. The highest BCUT2D eigenvalue weighted by atomic mass is 16.5. The van der Waals surface area contributed by atoms with Crippen LogP contribution in [0.4, 0.5) is 0 Å². The summed E-state index contributed by atoms with van der Waals surface area (Å²) in [6, 6.07) is 13.5. The van der Waals surface area contributed by atoms with E-state index in [0.29, 0.717) is 18.1 Å². The fraction of sp³-hybridized carbons (Fsp3) is 0.300. The Balaban J connectivity index is 1.84. The van der Waals surface area contributed by atoms with Crippen LogP contribution < -0.4 is 21.1 Å². The summed E-state index contributed by atoms with van der Waals surface area (Å²) in [6.45, 7) is 3.33. The Morgan fingerprint density at radius 1 is 1.15 bits per heavy atom. The number of methoxy groups -OCH3 is 1. The van der Waals surface area contributed by atoms with Crippen LogP contribution in [0.25, 0.3) is 0 Å². The van der Waals surface area contributed by atoms with E-state index in [1.807, 2.05) is 19.1 Å². The molecule has 1 amide bonds. The predicted molar refractivity (Wildman–Crippen MR) is 105 cm³/mol. The van der Waals surface area contributed by atoms with Crippen molar-refractivity contribution in [1.82, 2.24) is 10.6 Å². The SMILES string of the molecule is CN=C(NCCc1ccc(C)c(OC)c1)NCc1cccc(C(N)=O)c1. The second-order valence-electron chi connectivity index (χ2n) is 5.97. The molecule has 0 heterocycles. The summed E-state index contributed by atoms with van der Waals surface area (Å²) in [4.78, 5) is 15.5. The van der Waals surface area contributed by atoms with Gasteiger partial charge in [-0.05, 0) is 48.2 Å². The standard InChI is InChI=1S/C20H26N4O2/c1-14-7-8-15(12-18(14)26-3)9-10-23-20(22-2)24-13-16-5-4-6-17(11-16)19(21)25/h4-8,11-12H,9-10,13H2,1-3H3,(H2,21,25)(H2,22,23,24). The van der Waals surface area contributed by atoms with Gasteiger partial charge in [0.2, 0.25) is 5.91 Å². The van der Waals surface area contributed by atoms with Gasteiger partial charge in [0.25, 0.3) is 0 Å². The molecule has 0 spiro atoms. The van der Waals surface area contributed by atoms with E-state index in [1.165, 1.54) is 5.56 Å². The van der Waals surface area contributed by atoms with E-state index >= 15 is 0 Å². The number of benzene rings is 2. The van der Waals surface area contributed by atoms with Gasteiger partial charge in [0.1, 0.15) is 5.75 Å². The molecule has 0 aliphatic carbocycles. The van der Waals surface area contributed by atoms with E-state index in [9.17, 15) is 4.79 Å². The molecule has 0 aliphatic rings. The lowest BCUT2D eigenvalue weighted by Gasteiger charge is -2.13. The Morgan fingerprint density at radius 2 is 1.96 bits per heavy atom. The van der Waals surface area contributed by atoms with Crippen LogP contribution in [0.1, 0.15) is 27.0 Å².